The topological polar surface area (TPSA) is 12.0 Å². The van der Waals surface area contributed by atoms with Crippen LogP contribution < -0.4 is 5.32 Å². The Bertz CT molecular complexity index is 652. The first kappa shape index (κ1) is 14.7. The van der Waals surface area contributed by atoms with Crippen LogP contribution in [0.1, 0.15) is 42.5 Å². The maximum atomic E-state index is 6.25. The molecule has 1 atom stereocenters. The number of halogens is 2. The summed E-state index contributed by atoms with van der Waals surface area (Å²) in [5.74, 6) is 0. The van der Waals surface area contributed by atoms with Crippen molar-refractivity contribution in [1.29, 1.82) is 0 Å². The summed E-state index contributed by atoms with van der Waals surface area (Å²) in [5.41, 5.74) is 5.20. The van der Waals surface area contributed by atoms with Crippen LogP contribution >= 0.6 is 23.2 Å². The minimum Gasteiger partial charge on any atom is -0.377 e. The highest BCUT2D eigenvalue weighted by Crippen LogP contribution is 2.32. The number of anilines is 1. The number of aryl methyl sites for hydroxylation is 2. The summed E-state index contributed by atoms with van der Waals surface area (Å²) in [6, 6.07) is 12.7. The van der Waals surface area contributed by atoms with E-state index in [1.165, 1.54) is 42.4 Å². The van der Waals surface area contributed by atoms with Crippen LogP contribution in [0.5, 0.6) is 0 Å². The molecule has 21 heavy (non-hydrogen) atoms. The van der Waals surface area contributed by atoms with Crippen molar-refractivity contribution in [2.75, 3.05) is 5.32 Å². The SMILES string of the molecule is CC(Nc1cccc(Cl)c1Cl)c1ccc2c(c1)CCCC2. The molecule has 3 heteroatoms. The second-order valence-electron chi connectivity index (χ2n) is 5.70. The smallest absolute Gasteiger partial charge is 0.0823 e. The van der Waals surface area contributed by atoms with E-state index in [2.05, 4.69) is 30.4 Å². The first-order chi connectivity index (χ1) is 10.1. The van der Waals surface area contributed by atoms with Gasteiger partial charge in [0, 0.05) is 6.04 Å². The lowest BCUT2D eigenvalue weighted by Gasteiger charge is -2.21. The Kier molecular flexibility index (Phi) is 4.42. The van der Waals surface area contributed by atoms with Gasteiger partial charge < -0.3 is 5.32 Å². The van der Waals surface area contributed by atoms with Gasteiger partial charge in [-0.3, -0.25) is 0 Å². The van der Waals surface area contributed by atoms with E-state index in [1.807, 2.05) is 12.1 Å². The first-order valence-corrected chi connectivity index (χ1v) is 8.23. The third-order valence-corrected chi connectivity index (χ3v) is 5.02. The summed E-state index contributed by atoms with van der Waals surface area (Å²) in [6.07, 6.45) is 5.04. The molecule has 0 aromatic heterocycles. The van der Waals surface area contributed by atoms with Crippen molar-refractivity contribution in [2.24, 2.45) is 0 Å². The summed E-state index contributed by atoms with van der Waals surface area (Å²) < 4.78 is 0. The molecule has 0 amide bonds. The molecular formula is C18H19Cl2N. The van der Waals surface area contributed by atoms with E-state index in [9.17, 15) is 0 Å². The van der Waals surface area contributed by atoms with Gasteiger partial charge >= 0.3 is 0 Å². The fourth-order valence-electron chi connectivity index (χ4n) is 2.95. The zero-order valence-corrected chi connectivity index (χ0v) is 13.6. The second-order valence-corrected chi connectivity index (χ2v) is 6.49. The van der Waals surface area contributed by atoms with Gasteiger partial charge in [0.1, 0.15) is 0 Å². The van der Waals surface area contributed by atoms with Gasteiger partial charge in [0.15, 0.2) is 0 Å². The minimum atomic E-state index is 0.202. The average Bonchev–Trinajstić information content (AvgIpc) is 2.51. The molecule has 110 valence electrons. The van der Waals surface area contributed by atoms with E-state index in [-0.39, 0.29) is 6.04 Å². The number of nitrogens with one attached hydrogen (secondary N) is 1. The van der Waals surface area contributed by atoms with Crippen molar-refractivity contribution in [3.8, 4) is 0 Å². The Morgan fingerprint density at radius 3 is 2.57 bits per heavy atom. The van der Waals surface area contributed by atoms with Gasteiger partial charge in [-0.25, -0.2) is 0 Å². The Labute approximate surface area is 136 Å². The van der Waals surface area contributed by atoms with Crippen molar-refractivity contribution in [3.05, 3.63) is 63.1 Å². The van der Waals surface area contributed by atoms with Crippen LogP contribution in [-0.2, 0) is 12.8 Å². The van der Waals surface area contributed by atoms with Crippen molar-refractivity contribution >= 4 is 28.9 Å². The minimum absolute atomic E-state index is 0.202. The first-order valence-electron chi connectivity index (χ1n) is 7.47. The number of hydrogen-bond acceptors (Lipinski definition) is 1. The third kappa shape index (κ3) is 3.20. The maximum Gasteiger partial charge on any atom is 0.0823 e. The average molecular weight is 320 g/mol. The van der Waals surface area contributed by atoms with Gasteiger partial charge in [-0.05, 0) is 61.4 Å². The predicted molar refractivity (Wildman–Crippen MR) is 91.6 cm³/mol. The van der Waals surface area contributed by atoms with Crippen LogP contribution in [0.2, 0.25) is 10.0 Å². The summed E-state index contributed by atoms with van der Waals surface area (Å²) in [7, 11) is 0. The van der Waals surface area contributed by atoms with Gasteiger partial charge in [0.25, 0.3) is 0 Å². The number of rotatable bonds is 3. The molecule has 2 aromatic carbocycles. The van der Waals surface area contributed by atoms with E-state index in [1.54, 1.807) is 6.07 Å². The van der Waals surface area contributed by atoms with Crippen LogP contribution in [0.25, 0.3) is 0 Å². The number of benzene rings is 2. The Morgan fingerprint density at radius 2 is 1.76 bits per heavy atom. The second kappa shape index (κ2) is 6.29. The van der Waals surface area contributed by atoms with E-state index < -0.39 is 0 Å². The Balaban J connectivity index is 1.82. The standard InChI is InChI=1S/C18H19Cl2N/c1-12(21-17-8-4-7-16(19)18(17)20)14-10-9-13-5-2-3-6-15(13)11-14/h4,7-12,21H,2-3,5-6H2,1H3. The van der Waals surface area contributed by atoms with Gasteiger partial charge in [-0.1, -0.05) is 47.5 Å². The molecule has 1 N–H and O–H groups in total. The van der Waals surface area contributed by atoms with Crippen LogP contribution in [-0.4, -0.2) is 0 Å². The molecule has 0 fully saturated rings. The fourth-order valence-corrected chi connectivity index (χ4v) is 3.31. The van der Waals surface area contributed by atoms with Gasteiger partial charge in [0.2, 0.25) is 0 Å². The molecule has 0 spiro atoms. The van der Waals surface area contributed by atoms with Crippen LogP contribution in [0.3, 0.4) is 0 Å². The van der Waals surface area contributed by atoms with Gasteiger partial charge in [0.05, 0.1) is 15.7 Å². The Morgan fingerprint density at radius 1 is 1.00 bits per heavy atom. The van der Waals surface area contributed by atoms with E-state index in [0.29, 0.717) is 10.0 Å². The highest BCUT2D eigenvalue weighted by Gasteiger charge is 2.13. The lowest BCUT2D eigenvalue weighted by molar-refractivity contribution is 0.683. The van der Waals surface area contributed by atoms with Crippen molar-refractivity contribution < 1.29 is 0 Å². The van der Waals surface area contributed by atoms with Gasteiger partial charge in [-0.2, -0.15) is 0 Å². The van der Waals surface area contributed by atoms with Crippen molar-refractivity contribution in [2.45, 2.75) is 38.6 Å². The molecule has 0 heterocycles. The fraction of sp³-hybridized carbons (Fsp3) is 0.333. The summed E-state index contributed by atoms with van der Waals surface area (Å²) in [6.45, 7) is 2.15. The maximum absolute atomic E-state index is 6.25. The lowest BCUT2D eigenvalue weighted by Crippen LogP contribution is -2.09. The monoisotopic (exact) mass is 319 g/mol. The predicted octanol–water partition coefficient (Wildman–Crippen LogP) is 6.05. The van der Waals surface area contributed by atoms with Crippen molar-refractivity contribution in [3.63, 3.8) is 0 Å². The van der Waals surface area contributed by atoms with E-state index >= 15 is 0 Å². The van der Waals surface area contributed by atoms with E-state index in [0.717, 1.165) is 5.69 Å². The zero-order valence-electron chi connectivity index (χ0n) is 12.1. The Hall–Kier alpha value is -1.18. The zero-order chi connectivity index (χ0) is 14.8. The van der Waals surface area contributed by atoms with Gasteiger partial charge in [-0.15, -0.1) is 0 Å². The molecule has 0 saturated carbocycles. The molecular weight excluding hydrogens is 301 g/mol. The molecule has 1 aliphatic rings. The lowest BCUT2D eigenvalue weighted by atomic mass is 9.89. The summed E-state index contributed by atoms with van der Waals surface area (Å²) >= 11 is 12.3. The number of fused-ring (bicyclic) bond motifs is 1. The van der Waals surface area contributed by atoms with Crippen LogP contribution in [0.4, 0.5) is 5.69 Å². The molecule has 0 radical (unpaired) electrons. The normalized spacial score (nSPS) is 15.4. The largest absolute Gasteiger partial charge is 0.377 e. The molecule has 1 unspecified atom stereocenters. The molecule has 0 aliphatic heterocycles. The highest BCUT2D eigenvalue weighted by atomic mass is 35.5. The molecule has 0 bridgehead atoms. The van der Waals surface area contributed by atoms with Crippen LogP contribution in [0.15, 0.2) is 36.4 Å². The number of hydrogen-bond donors (Lipinski definition) is 1. The van der Waals surface area contributed by atoms with Crippen LogP contribution in [0, 0.1) is 0 Å². The quantitative estimate of drug-likeness (QED) is 0.726. The third-order valence-electron chi connectivity index (χ3n) is 4.20. The molecule has 1 aliphatic carbocycles. The molecule has 1 nitrogen and oxygen atoms in total. The molecule has 3 rings (SSSR count). The highest BCUT2D eigenvalue weighted by molar-refractivity contribution is 6.43. The van der Waals surface area contributed by atoms with E-state index in [4.69, 9.17) is 23.2 Å². The molecule has 2 aromatic rings. The van der Waals surface area contributed by atoms with Crippen molar-refractivity contribution in [1.82, 2.24) is 0 Å². The molecule has 0 saturated heterocycles. The summed E-state index contributed by atoms with van der Waals surface area (Å²) in [5, 5.41) is 4.63. The summed E-state index contributed by atoms with van der Waals surface area (Å²) in [4.78, 5) is 0.